The molecule has 0 saturated heterocycles. The number of tetrazole rings is 1. The molecule has 5 rings (SSSR count). The monoisotopic (exact) mass is 409 g/mol. The van der Waals surface area contributed by atoms with Gasteiger partial charge < -0.3 is 9.47 Å². The number of aromatic nitrogens is 5. The molecule has 2 aromatic carbocycles. The SMILES string of the molecule is Cc1c(-c2nnnn2-c2ccc(Br)cc2)cnc2cc3c(cc12)OCO3. The van der Waals surface area contributed by atoms with E-state index >= 15 is 0 Å². The Morgan fingerprint density at radius 2 is 1.85 bits per heavy atom. The van der Waals surface area contributed by atoms with Crippen LogP contribution in [0.1, 0.15) is 5.56 Å². The maximum absolute atomic E-state index is 5.50. The Kier molecular flexibility index (Phi) is 3.39. The number of aryl methyl sites for hydroxylation is 1. The van der Waals surface area contributed by atoms with E-state index in [-0.39, 0.29) is 6.79 Å². The number of halogens is 1. The molecule has 0 saturated carbocycles. The highest BCUT2D eigenvalue weighted by Gasteiger charge is 2.19. The van der Waals surface area contributed by atoms with E-state index in [2.05, 4.69) is 36.4 Å². The third-order valence-electron chi connectivity index (χ3n) is 4.41. The van der Waals surface area contributed by atoms with Crippen molar-refractivity contribution in [3.05, 3.63) is 52.6 Å². The van der Waals surface area contributed by atoms with E-state index in [1.54, 1.807) is 10.9 Å². The number of rotatable bonds is 2. The molecule has 1 aliphatic rings. The van der Waals surface area contributed by atoms with Crippen LogP contribution in [0.25, 0.3) is 28.0 Å². The Bertz CT molecular complexity index is 1140. The number of benzene rings is 2. The summed E-state index contributed by atoms with van der Waals surface area (Å²) in [7, 11) is 0. The topological polar surface area (TPSA) is 75.0 Å². The maximum Gasteiger partial charge on any atom is 0.231 e. The average Bonchev–Trinajstić information content (AvgIpc) is 3.30. The molecule has 0 radical (unpaired) electrons. The van der Waals surface area contributed by atoms with Crippen LogP contribution in [0.2, 0.25) is 0 Å². The van der Waals surface area contributed by atoms with Gasteiger partial charge in [0.15, 0.2) is 17.3 Å². The fourth-order valence-electron chi connectivity index (χ4n) is 3.05. The molecule has 0 unspecified atom stereocenters. The second-order valence-corrected chi connectivity index (χ2v) is 6.83. The van der Waals surface area contributed by atoms with Gasteiger partial charge in [-0.25, -0.2) is 0 Å². The lowest BCUT2D eigenvalue weighted by molar-refractivity contribution is 0.174. The van der Waals surface area contributed by atoms with Gasteiger partial charge in [-0.15, -0.1) is 5.10 Å². The number of hydrogen-bond acceptors (Lipinski definition) is 6. The summed E-state index contributed by atoms with van der Waals surface area (Å²) in [4.78, 5) is 4.57. The fraction of sp³-hybridized carbons (Fsp3) is 0.111. The van der Waals surface area contributed by atoms with Gasteiger partial charge in [0.05, 0.1) is 11.2 Å². The Hall–Kier alpha value is -3.00. The lowest BCUT2D eigenvalue weighted by Gasteiger charge is -2.10. The first kappa shape index (κ1) is 15.3. The van der Waals surface area contributed by atoms with Gasteiger partial charge in [-0.05, 0) is 53.2 Å². The van der Waals surface area contributed by atoms with Crippen LogP contribution in [-0.4, -0.2) is 32.0 Å². The molecule has 0 aliphatic carbocycles. The molecular weight excluding hydrogens is 398 g/mol. The lowest BCUT2D eigenvalue weighted by Crippen LogP contribution is -2.01. The Labute approximate surface area is 156 Å². The second kappa shape index (κ2) is 5.77. The number of pyridine rings is 1. The van der Waals surface area contributed by atoms with Gasteiger partial charge in [0, 0.05) is 27.7 Å². The number of nitrogens with zero attached hydrogens (tertiary/aromatic N) is 5. The van der Waals surface area contributed by atoms with Crippen molar-refractivity contribution in [2.24, 2.45) is 0 Å². The van der Waals surface area contributed by atoms with Gasteiger partial charge in [0.1, 0.15) is 0 Å². The lowest BCUT2D eigenvalue weighted by atomic mass is 10.0. The van der Waals surface area contributed by atoms with Crippen molar-refractivity contribution in [2.75, 3.05) is 6.79 Å². The van der Waals surface area contributed by atoms with Crippen molar-refractivity contribution in [3.8, 4) is 28.6 Å². The van der Waals surface area contributed by atoms with Crippen molar-refractivity contribution in [1.29, 1.82) is 0 Å². The van der Waals surface area contributed by atoms with Crippen LogP contribution in [-0.2, 0) is 0 Å². The van der Waals surface area contributed by atoms with Crippen LogP contribution in [0.15, 0.2) is 47.1 Å². The second-order valence-electron chi connectivity index (χ2n) is 5.91. The smallest absolute Gasteiger partial charge is 0.231 e. The summed E-state index contributed by atoms with van der Waals surface area (Å²) >= 11 is 3.44. The van der Waals surface area contributed by atoms with E-state index in [0.717, 1.165) is 43.7 Å². The first-order chi connectivity index (χ1) is 12.7. The Balaban J connectivity index is 1.69. The molecule has 0 spiro atoms. The molecule has 7 nitrogen and oxygen atoms in total. The maximum atomic E-state index is 5.50. The van der Waals surface area contributed by atoms with E-state index in [9.17, 15) is 0 Å². The van der Waals surface area contributed by atoms with E-state index in [4.69, 9.17) is 9.47 Å². The highest BCUT2D eigenvalue weighted by atomic mass is 79.9. The van der Waals surface area contributed by atoms with Gasteiger partial charge in [-0.3, -0.25) is 4.98 Å². The molecule has 0 amide bonds. The summed E-state index contributed by atoms with van der Waals surface area (Å²) in [5, 5.41) is 13.2. The zero-order chi connectivity index (χ0) is 17.7. The highest BCUT2D eigenvalue weighted by Crippen LogP contribution is 2.38. The highest BCUT2D eigenvalue weighted by molar-refractivity contribution is 9.10. The third-order valence-corrected chi connectivity index (χ3v) is 4.94. The predicted octanol–water partition coefficient (Wildman–Crippen LogP) is 3.68. The van der Waals surface area contributed by atoms with Gasteiger partial charge in [0.25, 0.3) is 0 Å². The molecule has 0 bridgehead atoms. The van der Waals surface area contributed by atoms with Crippen molar-refractivity contribution in [1.82, 2.24) is 25.2 Å². The Morgan fingerprint density at radius 3 is 2.65 bits per heavy atom. The van der Waals surface area contributed by atoms with Crippen LogP contribution in [0, 0.1) is 6.92 Å². The number of fused-ring (bicyclic) bond motifs is 2. The summed E-state index contributed by atoms with van der Waals surface area (Å²) in [6, 6.07) is 11.7. The van der Waals surface area contributed by atoms with Crippen LogP contribution >= 0.6 is 15.9 Å². The minimum absolute atomic E-state index is 0.235. The van der Waals surface area contributed by atoms with E-state index in [1.807, 2.05) is 43.3 Å². The molecule has 1 aliphatic heterocycles. The fourth-order valence-corrected chi connectivity index (χ4v) is 3.32. The molecule has 0 N–H and O–H groups in total. The molecule has 3 heterocycles. The third kappa shape index (κ3) is 2.33. The Morgan fingerprint density at radius 1 is 1.08 bits per heavy atom. The summed E-state index contributed by atoms with van der Waals surface area (Å²) in [6.07, 6.45) is 1.79. The number of ether oxygens (including phenoxy) is 2. The van der Waals surface area contributed by atoms with Gasteiger partial charge in [-0.2, -0.15) is 4.68 Å². The van der Waals surface area contributed by atoms with E-state index in [0.29, 0.717) is 5.82 Å². The molecular formula is C18H12BrN5O2. The first-order valence-electron chi connectivity index (χ1n) is 7.94. The first-order valence-corrected chi connectivity index (χ1v) is 8.73. The quantitative estimate of drug-likeness (QED) is 0.502. The predicted molar refractivity (Wildman–Crippen MR) is 98.5 cm³/mol. The van der Waals surface area contributed by atoms with Gasteiger partial charge in [0.2, 0.25) is 6.79 Å². The summed E-state index contributed by atoms with van der Waals surface area (Å²) < 4.78 is 13.6. The van der Waals surface area contributed by atoms with E-state index in [1.165, 1.54) is 0 Å². The molecule has 0 atom stereocenters. The van der Waals surface area contributed by atoms with Crippen LogP contribution in [0.3, 0.4) is 0 Å². The van der Waals surface area contributed by atoms with Crippen molar-refractivity contribution in [3.63, 3.8) is 0 Å². The van der Waals surface area contributed by atoms with Gasteiger partial charge >= 0.3 is 0 Å². The van der Waals surface area contributed by atoms with Crippen molar-refractivity contribution >= 4 is 26.8 Å². The van der Waals surface area contributed by atoms with Gasteiger partial charge in [-0.1, -0.05) is 15.9 Å². The molecule has 128 valence electrons. The average molecular weight is 410 g/mol. The molecule has 0 fully saturated rings. The zero-order valence-corrected chi connectivity index (χ0v) is 15.3. The van der Waals surface area contributed by atoms with Crippen LogP contribution in [0.5, 0.6) is 11.5 Å². The largest absolute Gasteiger partial charge is 0.454 e. The molecule has 4 aromatic rings. The molecule has 8 heteroatoms. The van der Waals surface area contributed by atoms with Crippen molar-refractivity contribution < 1.29 is 9.47 Å². The number of hydrogen-bond donors (Lipinski definition) is 0. The molecule has 2 aromatic heterocycles. The minimum Gasteiger partial charge on any atom is -0.454 e. The van der Waals surface area contributed by atoms with Crippen LogP contribution in [0.4, 0.5) is 0 Å². The van der Waals surface area contributed by atoms with Crippen molar-refractivity contribution in [2.45, 2.75) is 6.92 Å². The summed E-state index contributed by atoms with van der Waals surface area (Å²) in [5.41, 5.74) is 3.61. The zero-order valence-electron chi connectivity index (χ0n) is 13.7. The standard InChI is InChI=1S/C18H12BrN5O2/c1-10-13-6-16-17(26-9-25-16)7-15(13)20-8-14(10)18-21-22-23-24(18)12-4-2-11(19)3-5-12/h2-8H,9H2,1H3. The van der Waals surface area contributed by atoms with Crippen LogP contribution < -0.4 is 9.47 Å². The van der Waals surface area contributed by atoms with E-state index < -0.39 is 0 Å². The minimum atomic E-state index is 0.235. The summed E-state index contributed by atoms with van der Waals surface area (Å²) in [6.45, 7) is 2.27. The molecule has 26 heavy (non-hydrogen) atoms. The normalized spacial score (nSPS) is 12.7. The summed E-state index contributed by atoms with van der Waals surface area (Å²) in [5.74, 6) is 2.08.